The first-order chi connectivity index (χ1) is 12.6. The van der Waals surface area contributed by atoms with Crippen LogP contribution in [0.2, 0.25) is 0 Å². The van der Waals surface area contributed by atoms with E-state index in [4.69, 9.17) is 9.63 Å². The molecule has 0 saturated carbocycles. The number of fused-ring (bicyclic) bond motifs is 1. The molecule has 150 valence electrons. The summed E-state index contributed by atoms with van der Waals surface area (Å²) < 4.78 is 5.29. The Balaban J connectivity index is 2.04. The van der Waals surface area contributed by atoms with Gasteiger partial charge in [0.15, 0.2) is 5.58 Å². The zero-order valence-electron chi connectivity index (χ0n) is 15.5. The molecule has 9 heteroatoms. The summed E-state index contributed by atoms with van der Waals surface area (Å²) in [7, 11) is 1.44. The average Bonchev–Trinajstić information content (AvgIpc) is 3.02. The summed E-state index contributed by atoms with van der Waals surface area (Å²) in [6, 6.07) is 3.80. The molecule has 5 N–H and O–H groups in total. The van der Waals surface area contributed by atoms with Crippen molar-refractivity contribution in [1.29, 1.82) is 0 Å². The topological polar surface area (TPSA) is 147 Å². The minimum Gasteiger partial charge on any atom is -0.394 e. The molecule has 2 aromatic rings. The summed E-state index contributed by atoms with van der Waals surface area (Å²) in [5.41, 5.74) is 3.03. The molecular weight excluding hydrogens is 356 g/mol. The van der Waals surface area contributed by atoms with Crippen LogP contribution in [-0.2, 0) is 11.2 Å². The maximum atomic E-state index is 12.4. The fourth-order valence-corrected chi connectivity index (χ4v) is 2.97. The highest BCUT2D eigenvalue weighted by atomic mass is 16.5. The molecule has 0 radical (unpaired) electrons. The van der Waals surface area contributed by atoms with Gasteiger partial charge in [-0.3, -0.25) is 4.79 Å². The van der Waals surface area contributed by atoms with Crippen molar-refractivity contribution in [2.24, 2.45) is 0 Å². The fraction of sp³-hybridized carbons (Fsp3) is 0.556. The number of hydrogen-bond donors (Lipinski definition) is 5. The van der Waals surface area contributed by atoms with Gasteiger partial charge in [0, 0.05) is 19.0 Å². The second-order valence-electron chi connectivity index (χ2n) is 6.83. The third-order valence-corrected chi connectivity index (χ3v) is 4.52. The number of aliphatic hydroxyl groups excluding tert-OH is 5. The van der Waals surface area contributed by atoms with E-state index in [0.29, 0.717) is 11.3 Å². The molecule has 0 aliphatic carbocycles. The third kappa shape index (κ3) is 4.82. The summed E-state index contributed by atoms with van der Waals surface area (Å²) in [5, 5.41) is 52.3. The van der Waals surface area contributed by atoms with Gasteiger partial charge in [0.25, 0.3) is 0 Å². The van der Waals surface area contributed by atoms with Crippen molar-refractivity contribution in [3.05, 3.63) is 29.0 Å². The number of nitrogens with zero attached hydrogens (tertiary/aromatic N) is 2. The Morgan fingerprint density at radius 1 is 1.15 bits per heavy atom. The molecule has 0 spiro atoms. The number of amides is 1. The van der Waals surface area contributed by atoms with Gasteiger partial charge in [-0.05, 0) is 31.0 Å². The van der Waals surface area contributed by atoms with Crippen LogP contribution in [0.3, 0.4) is 0 Å². The number of rotatable bonds is 8. The number of carbonyl (C=O) groups excluding carboxylic acids is 1. The SMILES string of the molecule is Cc1cc(C)c2c(CC(=O)N(C)CC(O)C(O)C(O)C(O)CO)noc2c1. The predicted molar refractivity (Wildman–Crippen MR) is 95.9 cm³/mol. The highest BCUT2D eigenvalue weighted by Gasteiger charge is 2.31. The minimum atomic E-state index is -1.74. The van der Waals surface area contributed by atoms with Gasteiger partial charge < -0.3 is 35.0 Å². The van der Waals surface area contributed by atoms with Crippen molar-refractivity contribution in [2.45, 2.75) is 44.7 Å². The van der Waals surface area contributed by atoms with Gasteiger partial charge >= 0.3 is 0 Å². The largest absolute Gasteiger partial charge is 0.394 e. The summed E-state index contributed by atoms with van der Waals surface area (Å²) >= 11 is 0. The quantitative estimate of drug-likeness (QED) is 0.386. The van der Waals surface area contributed by atoms with E-state index in [1.807, 2.05) is 26.0 Å². The molecule has 1 heterocycles. The first kappa shape index (κ1) is 21.3. The van der Waals surface area contributed by atoms with Crippen LogP contribution in [0.5, 0.6) is 0 Å². The summed E-state index contributed by atoms with van der Waals surface area (Å²) in [5.74, 6) is -0.367. The average molecular weight is 382 g/mol. The van der Waals surface area contributed by atoms with E-state index in [0.717, 1.165) is 16.5 Å². The molecule has 1 amide bonds. The van der Waals surface area contributed by atoms with Gasteiger partial charge in [0.2, 0.25) is 5.91 Å². The van der Waals surface area contributed by atoms with Crippen molar-refractivity contribution in [1.82, 2.24) is 10.1 Å². The van der Waals surface area contributed by atoms with Crippen molar-refractivity contribution in [2.75, 3.05) is 20.2 Å². The molecular formula is C18H26N2O7. The molecule has 0 saturated heterocycles. The van der Waals surface area contributed by atoms with Crippen molar-refractivity contribution in [3.8, 4) is 0 Å². The number of aromatic nitrogens is 1. The fourth-order valence-electron chi connectivity index (χ4n) is 2.97. The zero-order chi connectivity index (χ0) is 20.3. The Morgan fingerprint density at radius 3 is 2.41 bits per heavy atom. The number of likely N-dealkylation sites (N-methyl/N-ethyl adjacent to an activating group) is 1. The maximum Gasteiger partial charge on any atom is 0.228 e. The molecule has 4 unspecified atom stereocenters. The van der Waals surface area contributed by atoms with E-state index >= 15 is 0 Å². The second-order valence-corrected chi connectivity index (χ2v) is 6.83. The molecule has 0 bridgehead atoms. The monoisotopic (exact) mass is 382 g/mol. The summed E-state index contributed by atoms with van der Waals surface area (Å²) in [6.07, 6.45) is -6.62. The molecule has 0 fully saturated rings. The lowest BCUT2D eigenvalue weighted by molar-refractivity contribution is -0.137. The van der Waals surface area contributed by atoms with Gasteiger partial charge in [-0.25, -0.2) is 0 Å². The molecule has 1 aromatic heterocycles. The first-order valence-corrected chi connectivity index (χ1v) is 8.58. The molecule has 0 aliphatic heterocycles. The van der Waals surface area contributed by atoms with Crippen LogP contribution in [-0.4, -0.2) is 86.1 Å². The van der Waals surface area contributed by atoms with Crippen LogP contribution in [0.4, 0.5) is 0 Å². The second kappa shape index (κ2) is 8.77. The van der Waals surface area contributed by atoms with E-state index in [2.05, 4.69) is 5.16 Å². The lowest BCUT2D eigenvalue weighted by Crippen LogP contribution is -2.50. The molecule has 9 nitrogen and oxygen atoms in total. The number of aryl methyl sites for hydroxylation is 2. The number of hydrogen-bond acceptors (Lipinski definition) is 8. The van der Waals surface area contributed by atoms with Crippen LogP contribution in [0, 0.1) is 13.8 Å². The van der Waals surface area contributed by atoms with Gasteiger partial charge in [-0.1, -0.05) is 11.2 Å². The van der Waals surface area contributed by atoms with Crippen LogP contribution in [0.1, 0.15) is 16.8 Å². The van der Waals surface area contributed by atoms with Crippen molar-refractivity contribution in [3.63, 3.8) is 0 Å². The number of benzene rings is 1. The molecule has 2 rings (SSSR count). The zero-order valence-corrected chi connectivity index (χ0v) is 15.5. The standard InChI is InChI=1S/C18H26N2O7/c1-9-4-10(2)16-11(19-27-14(16)5-9)6-15(24)20(3)7-12(22)17(25)18(26)13(23)8-21/h4-5,12-13,17-18,21-23,25-26H,6-8H2,1-3H3. The Kier molecular flexibility index (Phi) is 6.90. The Bertz CT molecular complexity index is 791. The molecule has 1 aromatic carbocycles. The lowest BCUT2D eigenvalue weighted by atomic mass is 10.0. The number of aliphatic hydroxyl groups is 5. The van der Waals surface area contributed by atoms with E-state index in [-0.39, 0.29) is 18.9 Å². The molecule has 4 atom stereocenters. The van der Waals surface area contributed by atoms with Crippen molar-refractivity contribution < 1.29 is 34.9 Å². The van der Waals surface area contributed by atoms with Crippen molar-refractivity contribution >= 4 is 16.9 Å². The van der Waals surface area contributed by atoms with Crippen LogP contribution < -0.4 is 0 Å². The van der Waals surface area contributed by atoms with Gasteiger partial charge in [-0.2, -0.15) is 0 Å². The van der Waals surface area contributed by atoms with E-state index < -0.39 is 31.0 Å². The van der Waals surface area contributed by atoms with Gasteiger partial charge in [0.05, 0.1) is 13.0 Å². The predicted octanol–water partition coefficient (Wildman–Crippen LogP) is -1.12. The van der Waals surface area contributed by atoms with Gasteiger partial charge in [0.1, 0.15) is 30.1 Å². The van der Waals surface area contributed by atoms with E-state index in [1.165, 1.54) is 11.9 Å². The Morgan fingerprint density at radius 2 is 1.78 bits per heavy atom. The Labute approximate surface area is 156 Å². The first-order valence-electron chi connectivity index (χ1n) is 8.58. The molecule has 0 aliphatic rings. The molecule has 27 heavy (non-hydrogen) atoms. The highest BCUT2D eigenvalue weighted by molar-refractivity contribution is 5.88. The smallest absolute Gasteiger partial charge is 0.228 e. The summed E-state index contributed by atoms with van der Waals surface area (Å²) in [4.78, 5) is 13.6. The van der Waals surface area contributed by atoms with E-state index in [9.17, 15) is 25.2 Å². The normalized spacial score (nSPS) is 16.1. The summed E-state index contributed by atoms with van der Waals surface area (Å²) in [6.45, 7) is 2.79. The van der Waals surface area contributed by atoms with E-state index in [1.54, 1.807) is 0 Å². The minimum absolute atomic E-state index is 0.0575. The highest BCUT2D eigenvalue weighted by Crippen LogP contribution is 2.24. The van der Waals surface area contributed by atoms with Crippen LogP contribution >= 0.6 is 0 Å². The maximum absolute atomic E-state index is 12.4. The van der Waals surface area contributed by atoms with Crippen LogP contribution in [0.25, 0.3) is 11.0 Å². The number of carbonyl (C=O) groups is 1. The Hall–Kier alpha value is -2.04. The van der Waals surface area contributed by atoms with Gasteiger partial charge in [-0.15, -0.1) is 0 Å². The lowest BCUT2D eigenvalue weighted by Gasteiger charge is -2.28. The third-order valence-electron chi connectivity index (χ3n) is 4.52. The van der Waals surface area contributed by atoms with Crippen LogP contribution in [0.15, 0.2) is 16.7 Å².